The van der Waals surface area contributed by atoms with Gasteiger partial charge in [0.25, 0.3) is 5.91 Å². The highest BCUT2D eigenvalue weighted by Gasteiger charge is 2.20. The third-order valence-corrected chi connectivity index (χ3v) is 5.26. The Hall–Kier alpha value is -2.41. The number of hydrogen-bond donors (Lipinski definition) is 3. The van der Waals surface area contributed by atoms with Gasteiger partial charge in [-0.2, -0.15) is 5.10 Å². The summed E-state index contributed by atoms with van der Waals surface area (Å²) in [5, 5.41) is 8.24. The van der Waals surface area contributed by atoms with E-state index in [1.807, 2.05) is 18.5 Å². The van der Waals surface area contributed by atoms with Crippen LogP contribution in [0.5, 0.6) is 0 Å². The fourth-order valence-corrected chi connectivity index (χ4v) is 3.73. The predicted molar refractivity (Wildman–Crippen MR) is 111 cm³/mol. The van der Waals surface area contributed by atoms with Crippen LogP contribution in [0.3, 0.4) is 0 Å². The number of carbonyl (C=O) groups excluding carboxylic acids is 1. The predicted octanol–water partition coefficient (Wildman–Crippen LogP) is 2.91. The highest BCUT2D eigenvalue weighted by atomic mass is 32.1. The molecule has 1 amide bonds. The average molecular weight is 386 g/mol. The molecule has 3 N–H and O–H groups in total. The van der Waals surface area contributed by atoms with Crippen LogP contribution >= 0.6 is 12.2 Å². The molecule has 27 heavy (non-hydrogen) atoms. The first-order chi connectivity index (χ1) is 12.9. The van der Waals surface area contributed by atoms with E-state index >= 15 is 0 Å². The van der Waals surface area contributed by atoms with Crippen molar-refractivity contribution in [2.75, 3.05) is 0 Å². The third kappa shape index (κ3) is 4.86. The maximum atomic E-state index is 12.6. The zero-order chi connectivity index (χ0) is 19.4. The highest BCUT2D eigenvalue weighted by Crippen LogP contribution is 2.17. The van der Waals surface area contributed by atoms with Gasteiger partial charge < -0.3 is 5.32 Å². The lowest BCUT2D eigenvalue weighted by Gasteiger charge is -2.16. The number of rotatable bonds is 4. The van der Waals surface area contributed by atoms with Crippen LogP contribution in [0.2, 0.25) is 0 Å². The first kappa shape index (κ1) is 19.4. The van der Waals surface area contributed by atoms with Crippen molar-refractivity contribution in [3.8, 4) is 0 Å². The van der Waals surface area contributed by atoms with Gasteiger partial charge in [0.15, 0.2) is 5.11 Å². The van der Waals surface area contributed by atoms with E-state index in [2.05, 4.69) is 52.5 Å². The number of nitrogens with zero attached hydrogens (tertiary/aromatic N) is 2. The molecule has 0 saturated heterocycles. The molecule has 1 fully saturated rings. The van der Waals surface area contributed by atoms with Crippen LogP contribution in [0.25, 0.3) is 0 Å². The molecule has 3 rings (SSSR count). The van der Waals surface area contributed by atoms with E-state index in [1.54, 1.807) is 0 Å². The number of aryl methyl sites for hydroxylation is 2. The largest absolute Gasteiger partial charge is 0.359 e. The summed E-state index contributed by atoms with van der Waals surface area (Å²) in [5.41, 5.74) is 10.00. The molecular weight excluding hydrogens is 358 g/mol. The number of hydrogen-bond acceptors (Lipinski definition) is 3. The summed E-state index contributed by atoms with van der Waals surface area (Å²) in [7, 11) is 0. The molecule has 0 aliphatic heterocycles. The summed E-state index contributed by atoms with van der Waals surface area (Å²) in [6, 6.07) is 8.73. The van der Waals surface area contributed by atoms with Crippen LogP contribution in [0, 0.1) is 20.8 Å². The number of carbonyl (C=O) groups is 1. The van der Waals surface area contributed by atoms with Crippen molar-refractivity contribution in [3.63, 3.8) is 0 Å². The van der Waals surface area contributed by atoms with Crippen molar-refractivity contribution in [2.45, 2.75) is 59.0 Å². The summed E-state index contributed by atoms with van der Waals surface area (Å²) >= 11 is 5.27. The van der Waals surface area contributed by atoms with Gasteiger partial charge in [-0.1, -0.05) is 42.7 Å². The SMILES string of the molecule is Cc1ccc(Cn2nc(C)c(C(=O)NNC(=S)NC3CCCC3)c2C)cc1. The second-order valence-electron chi connectivity index (χ2n) is 7.22. The van der Waals surface area contributed by atoms with Crippen molar-refractivity contribution >= 4 is 23.2 Å². The van der Waals surface area contributed by atoms with E-state index < -0.39 is 0 Å². The number of thiocarbonyl (C=S) groups is 1. The molecule has 1 saturated carbocycles. The molecule has 0 atom stereocenters. The maximum absolute atomic E-state index is 12.6. The number of aromatic nitrogens is 2. The smallest absolute Gasteiger partial charge is 0.273 e. The zero-order valence-electron chi connectivity index (χ0n) is 16.1. The first-order valence-corrected chi connectivity index (χ1v) is 9.81. The molecule has 144 valence electrons. The normalized spacial score (nSPS) is 14.2. The average Bonchev–Trinajstić information content (AvgIpc) is 3.23. The Balaban J connectivity index is 1.61. The second kappa shape index (κ2) is 8.52. The van der Waals surface area contributed by atoms with Gasteiger partial charge in [-0.25, -0.2) is 0 Å². The van der Waals surface area contributed by atoms with Gasteiger partial charge in [-0.05, 0) is 51.4 Å². The quantitative estimate of drug-likeness (QED) is 0.558. The molecule has 2 aromatic rings. The summed E-state index contributed by atoms with van der Waals surface area (Å²) in [6.07, 6.45) is 4.70. The van der Waals surface area contributed by atoms with Gasteiger partial charge in [0.2, 0.25) is 0 Å². The Bertz CT molecular complexity index is 822. The molecule has 1 aliphatic carbocycles. The second-order valence-corrected chi connectivity index (χ2v) is 7.63. The van der Waals surface area contributed by atoms with Crippen LogP contribution in [-0.4, -0.2) is 26.8 Å². The number of benzene rings is 1. The number of hydrazine groups is 1. The molecule has 0 bridgehead atoms. The minimum atomic E-state index is -0.226. The third-order valence-electron chi connectivity index (χ3n) is 5.04. The monoisotopic (exact) mass is 385 g/mol. The minimum Gasteiger partial charge on any atom is -0.359 e. The van der Waals surface area contributed by atoms with Crippen LogP contribution in [0.15, 0.2) is 24.3 Å². The van der Waals surface area contributed by atoms with E-state index in [9.17, 15) is 4.79 Å². The molecule has 1 heterocycles. The Morgan fingerprint density at radius 2 is 1.81 bits per heavy atom. The molecule has 1 aromatic carbocycles. The lowest BCUT2D eigenvalue weighted by Crippen LogP contribution is -2.49. The molecule has 1 aliphatic rings. The van der Waals surface area contributed by atoms with Crippen molar-refractivity contribution in [1.29, 1.82) is 0 Å². The van der Waals surface area contributed by atoms with Crippen LogP contribution in [-0.2, 0) is 6.54 Å². The zero-order valence-corrected chi connectivity index (χ0v) is 16.9. The summed E-state index contributed by atoms with van der Waals surface area (Å²) in [6.45, 7) is 6.46. The van der Waals surface area contributed by atoms with E-state index in [4.69, 9.17) is 12.2 Å². The molecular formula is C20H27N5OS. The molecule has 1 aromatic heterocycles. The van der Waals surface area contributed by atoms with E-state index in [-0.39, 0.29) is 5.91 Å². The molecule has 6 nitrogen and oxygen atoms in total. The topological polar surface area (TPSA) is 71.0 Å². The Morgan fingerprint density at radius 3 is 2.48 bits per heavy atom. The van der Waals surface area contributed by atoms with E-state index in [0.717, 1.165) is 24.1 Å². The van der Waals surface area contributed by atoms with Gasteiger partial charge in [0.05, 0.1) is 17.8 Å². The fourth-order valence-electron chi connectivity index (χ4n) is 3.51. The van der Waals surface area contributed by atoms with E-state index in [0.29, 0.717) is 29.0 Å². The van der Waals surface area contributed by atoms with Crippen molar-refractivity contribution in [2.24, 2.45) is 0 Å². The Kier molecular flexibility index (Phi) is 6.11. The summed E-state index contributed by atoms with van der Waals surface area (Å²) < 4.78 is 1.87. The number of nitrogens with one attached hydrogen (secondary N) is 3. The minimum absolute atomic E-state index is 0.226. The van der Waals surface area contributed by atoms with E-state index in [1.165, 1.54) is 18.4 Å². The molecule has 0 spiro atoms. The lowest BCUT2D eigenvalue weighted by molar-refractivity contribution is 0.0942. The van der Waals surface area contributed by atoms with Crippen molar-refractivity contribution in [3.05, 3.63) is 52.3 Å². The molecule has 0 radical (unpaired) electrons. The number of amides is 1. The summed E-state index contributed by atoms with van der Waals surface area (Å²) in [4.78, 5) is 12.6. The van der Waals surface area contributed by atoms with Crippen LogP contribution in [0.4, 0.5) is 0 Å². The molecule has 0 unspecified atom stereocenters. The fraction of sp³-hybridized carbons (Fsp3) is 0.450. The Labute approximate surface area is 165 Å². The van der Waals surface area contributed by atoms with Gasteiger partial charge in [0.1, 0.15) is 0 Å². The lowest BCUT2D eigenvalue weighted by atomic mass is 10.1. The molecule has 7 heteroatoms. The van der Waals surface area contributed by atoms with Crippen molar-refractivity contribution < 1.29 is 4.79 Å². The van der Waals surface area contributed by atoms with Crippen LogP contribution < -0.4 is 16.2 Å². The first-order valence-electron chi connectivity index (χ1n) is 9.40. The standard InChI is InChI=1S/C20H27N5OS/c1-13-8-10-16(11-9-13)12-25-15(3)18(14(2)24-25)19(26)22-23-20(27)21-17-6-4-5-7-17/h8-11,17H,4-7,12H2,1-3H3,(H,22,26)(H2,21,23,27). The Morgan fingerprint density at radius 1 is 1.15 bits per heavy atom. The highest BCUT2D eigenvalue weighted by molar-refractivity contribution is 7.80. The van der Waals surface area contributed by atoms with Crippen LogP contribution in [0.1, 0.15) is 58.6 Å². The van der Waals surface area contributed by atoms with Crippen molar-refractivity contribution in [1.82, 2.24) is 25.9 Å². The maximum Gasteiger partial charge on any atom is 0.273 e. The van der Waals surface area contributed by atoms with Gasteiger partial charge in [-0.3, -0.25) is 20.3 Å². The van der Waals surface area contributed by atoms with Gasteiger partial charge >= 0.3 is 0 Å². The van der Waals surface area contributed by atoms with Gasteiger partial charge in [0, 0.05) is 11.7 Å². The summed E-state index contributed by atoms with van der Waals surface area (Å²) in [5.74, 6) is -0.226. The van der Waals surface area contributed by atoms with Gasteiger partial charge in [-0.15, -0.1) is 0 Å².